The number of halogens is 1. The molecule has 18 heavy (non-hydrogen) atoms. The summed E-state index contributed by atoms with van der Waals surface area (Å²) >= 11 is 0. The molecule has 1 amide bonds. The Morgan fingerprint density at radius 3 is 2.83 bits per heavy atom. The van der Waals surface area contributed by atoms with Gasteiger partial charge in [0.15, 0.2) is 0 Å². The van der Waals surface area contributed by atoms with E-state index in [4.69, 9.17) is 12.2 Å². The van der Waals surface area contributed by atoms with Crippen molar-refractivity contribution in [3.05, 3.63) is 35.1 Å². The number of hydrogen-bond donors (Lipinski definition) is 2. The molecule has 0 aliphatic carbocycles. The second-order valence-electron chi connectivity index (χ2n) is 4.25. The Hall–Kier alpha value is -1.86. The van der Waals surface area contributed by atoms with Gasteiger partial charge in [0.05, 0.1) is 12.1 Å². The van der Waals surface area contributed by atoms with Crippen molar-refractivity contribution in [1.82, 2.24) is 5.32 Å². The predicted octanol–water partition coefficient (Wildman–Crippen LogP) is 1.66. The first-order valence-corrected chi connectivity index (χ1v) is 5.71. The number of terminal acetylenes is 1. The smallest absolute Gasteiger partial charge is 0.238 e. The van der Waals surface area contributed by atoms with Crippen LogP contribution >= 0.6 is 0 Å². The van der Waals surface area contributed by atoms with Gasteiger partial charge >= 0.3 is 0 Å². The molecule has 1 aromatic rings. The highest BCUT2D eigenvalue weighted by Gasteiger charge is 2.16. The van der Waals surface area contributed by atoms with Gasteiger partial charge in [-0.15, -0.1) is 12.3 Å². The van der Waals surface area contributed by atoms with Crippen LogP contribution in [0.3, 0.4) is 0 Å². The molecule has 1 rings (SSSR count). The van der Waals surface area contributed by atoms with Crippen LogP contribution in [0.15, 0.2) is 18.2 Å². The summed E-state index contributed by atoms with van der Waals surface area (Å²) in [7, 11) is 0. The number of nitrogens with one attached hydrogen (secondary N) is 1. The maximum absolute atomic E-state index is 13.4. The van der Waals surface area contributed by atoms with E-state index in [2.05, 4.69) is 11.2 Å². The molecular formula is C14H17FN2O. The number of aryl methyl sites for hydroxylation is 1. The monoisotopic (exact) mass is 248 g/mol. The Bertz CT molecular complexity index is 479. The molecular weight excluding hydrogens is 231 g/mol. The van der Waals surface area contributed by atoms with Crippen molar-refractivity contribution in [3.63, 3.8) is 0 Å². The Morgan fingerprint density at radius 1 is 1.61 bits per heavy atom. The summed E-state index contributed by atoms with van der Waals surface area (Å²) in [5.41, 5.74) is 6.84. The SMILES string of the molecule is C#CCC(N)C(=O)NC(C)c1ccc(C)c(F)c1. The Balaban J connectivity index is 2.70. The maximum Gasteiger partial charge on any atom is 0.238 e. The predicted molar refractivity (Wildman–Crippen MR) is 69.1 cm³/mol. The standard InChI is InChI=1S/C14H17FN2O/c1-4-5-13(16)14(18)17-10(3)11-7-6-9(2)12(15)8-11/h1,6-8,10,13H,5,16H2,2-3H3,(H,17,18). The summed E-state index contributed by atoms with van der Waals surface area (Å²) in [5, 5.41) is 2.70. The van der Waals surface area contributed by atoms with Crippen LogP contribution < -0.4 is 11.1 Å². The molecule has 3 N–H and O–H groups in total. The van der Waals surface area contributed by atoms with E-state index in [1.165, 1.54) is 6.07 Å². The molecule has 0 fully saturated rings. The molecule has 0 saturated heterocycles. The van der Waals surface area contributed by atoms with E-state index >= 15 is 0 Å². The van der Waals surface area contributed by atoms with Crippen molar-refractivity contribution < 1.29 is 9.18 Å². The highest BCUT2D eigenvalue weighted by atomic mass is 19.1. The van der Waals surface area contributed by atoms with Crippen LogP contribution in [0.4, 0.5) is 4.39 Å². The van der Waals surface area contributed by atoms with Crippen LogP contribution in [-0.2, 0) is 4.79 Å². The normalized spacial score (nSPS) is 13.5. The lowest BCUT2D eigenvalue weighted by atomic mass is 10.1. The van der Waals surface area contributed by atoms with Crippen molar-refractivity contribution in [2.45, 2.75) is 32.4 Å². The van der Waals surface area contributed by atoms with Crippen molar-refractivity contribution in [2.75, 3.05) is 0 Å². The summed E-state index contributed by atoms with van der Waals surface area (Å²) in [4.78, 5) is 11.6. The van der Waals surface area contributed by atoms with Crippen molar-refractivity contribution >= 4 is 5.91 Å². The van der Waals surface area contributed by atoms with Gasteiger partial charge in [-0.25, -0.2) is 4.39 Å². The number of nitrogens with two attached hydrogens (primary N) is 1. The fourth-order valence-electron chi connectivity index (χ4n) is 1.50. The highest BCUT2D eigenvalue weighted by molar-refractivity contribution is 5.82. The zero-order chi connectivity index (χ0) is 13.7. The third kappa shape index (κ3) is 3.57. The molecule has 96 valence electrons. The molecule has 0 spiro atoms. The van der Waals surface area contributed by atoms with Crippen LogP contribution in [0.5, 0.6) is 0 Å². The summed E-state index contributed by atoms with van der Waals surface area (Å²) in [6.45, 7) is 3.45. The number of carbonyl (C=O) groups excluding carboxylic acids is 1. The van der Waals surface area contributed by atoms with Crippen LogP contribution in [0.1, 0.15) is 30.5 Å². The highest BCUT2D eigenvalue weighted by Crippen LogP contribution is 2.16. The van der Waals surface area contributed by atoms with Crippen molar-refractivity contribution in [1.29, 1.82) is 0 Å². The first-order valence-electron chi connectivity index (χ1n) is 5.71. The average molecular weight is 248 g/mol. The van der Waals surface area contributed by atoms with Crippen LogP contribution in [-0.4, -0.2) is 11.9 Å². The lowest BCUT2D eigenvalue weighted by Crippen LogP contribution is -2.41. The lowest BCUT2D eigenvalue weighted by Gasteiger charge is -2.17. The topological polar surface area (TPSA) is 55.1 Å². The quantitative estimate of drug-likeness (QED) is 0.796. The van der Waals surface area contributed by atoms with Gasteiger partial charge in [-0.05, 0) is 31.0 Å². The molecule has 0 heterocycles. The van der Waals surface area contributed by atoms with E-state index in [1.54, 1.807) is 26.0 Å². The molecule has 0 aromatic heterocycles. The molecule has 0 radical (unpaired) electrons. The second kappa shape index (κ2) is 6.18. The molecule has 0 saturated carbocycles. The van der Waals surface area contributed by atoms with E-state index in [0.717, 1.165) is 0 Å². The van der Waals surface area contributed by atoms with Gasteiger partial charge < -0.3 is 11.1 Å². The van der Waals surface area contributed by atoms with Gasteiger partial charge in [0.2, 0.25) is 5.91 Å². The van der Waals surface area contributed by atoms with Gasteiger partial charge in [0.25, 0.3) is 0 Å². The minimum atomic E-state index is -0.729. The van der Waals surface area contributed by atoms with Crippen LogP contribution in [0.2, 0.25) is 0 Å². The molecule has 0 aliphatic heterocycles. The first-order chi connectivity index (χ1) is 8.45. The Labute approximate surface area is 107 Å². The van der Waals surface area contributed by atoms with Crippen LogP contribution in [0, 0.1) is 25.1 Å². The number of hydrogen-bond acceptors (Lipinski definition) is 2. The third-order valence-electron chi connectivity index (χ3n) is 2.73. The van der Waals surface area contributed by atoms with E-state index in [0.29, 0.717) is 11.1 Å². The van der Waals surface area contributed by atoms with Gasteiger partial charge in [0.1, 0.15) is 5.82 Å². The number of carbonyl (C=O) groups is 1. The summed E-state index contributed by atoms with van der Waals surface area (Å²) < 4.78 is 13.4. The average Bonchev–Trinajstić information content (AvgIpc) is 2.32. The Kier molecular flexibility index (Phi) is 4.87. The van der Waals surface area contributed by atoms with Gasteiger partial charge in [-0.2, -0.15) is 0 Å². The first kappa shape index (κ1) is 14.2. The van der Waals surface area contributed by atoms with Crippen molar-refractivity contribution in [2.24, 2.45) is 5.73 Å². The molecule has 3 nitrogen and oxygen atoms in total. The molecule has 4 heteroatoms. The third-order valence-corrected chi connectivity index (χ3v) is 2.73. The van der Waals surface area contributed by atoms with Gasteiger partial charge in [-0.3, -0.25) is 4.79 Å². The number of benzene rings is 1. The van der Waals surface area contributed by atoms with Gasteiger partial charge in [0, 0.05) is 6.42 Å². The van der Waals surface area contributed by atoms with Crippen molar-refractivity contribution in [3.8, 4) is 12.3 Å². The molecule has 1 aromatic carbocycles. The second-order valence-corrected chi connectivity index (χ2v) is 4.25. The zero-order valence-electron chi connectivity index (χ0n) is 10.5. The van der Waals surface area contributed by atoms with E-state index in [-0.39, 0.29) is 24.2 Å². The zero-order valence-corrected chi connectivity index (χ0v) is 10.5. The fourth-order valence-corrected chi connectivity index (χ4v) is 1.50. The number of rotatable bonds is 4. The van der Waals surface area contributed by atoms with Crippen LogP contribution in [0.25, 0.3) is 0 Å². The molecule has 2 unspecified atom stereocenters. The molecule has 0 bridgehead atoms. The minimum Gasteiger partial charge on any atom is -0.348 e. The minimum absolute atomic E-state index is 0.181. The lowest BCUT2D eigenvalue weighted by molar-refractivity contribution is -0.122. The Morgan fingerprint density at radius 2 is 2.28 bits per heavy atom. The van der Waals surface area contributed by atoms with E-state index in [9.17, 15) is 9.18 Å². The largest absolute Gasteiger partial charge is 0.348 e. The summed E-state index contributed by atoms with van der Waals surface area (Å²) in [6.07, 6.45) is 5.27. The number of amides is 1. The fraction of sp³-hybridized carbons (Fsp3) is 0.357. The van der Waals surface area contributed by atoms with E-state index < -0.39 is 6.04 Å². The maximum atomic E-state index is 13.4. The van der Waals surface area contributed by atoms with Gasteiger partial charge in [-0.1, -0.05) is 12.1 Å². The summed E-state index contributed by atoms with van der Waals surface area (Å²) in [6, 6.07) is 3.82. The molecule has 2 atom stereocenters. The molecule has 0 aliphatic rings. The van der Waals surface area contributed by atoms with E-state index in [1.807, 2.05) is 0 Å². The summed E-state index contributed by atoms with van der Waals surface area (Å²) in [5.74, 6) is 1.71.